The van der Waals surface area contributed by atoms with Crippen LogP contribution in [0.15, 0.2) is 72.5 Å². The molecule has 1 saturated heterocycles. The van der Waals surface area contributed by atoms with E-state index in [0.717, 1.165) is 6.26 Å². The topological polar surface area (TPSA) is 199 Å². The Morgan fingerprint density at radius 1 is 0.791 bits per heavy atom. The fourth-order valence-electron chi connectivity index (χ4n) is 5.85. The maximum absolute atomic E-state index is 13.2. The molecule has 43 heavy (non-hydrogen) atoms. The molecule has 0 radical (unpaired) electrons. The first-order valence-corrected chi connectivity index (χ1v) is 13.7. The van der Waals surface area contributed by atoms with Gasteiger partial charge in [-0.05, 0) is 24.3 Å². The molecule has 2 aliphatic heterocycles. The van der Waals surface area contributed by atoms with Crippen LogP contribution >= 0.6 is 0 Å². The third kappa shape index (κ3) is 6.00. The lowest BCUT2D eigenvalue weighted by Crippen LogP contribution is -2.60. The van der Waals surface area contributed by atoms with E-state index in [-0.39, 0.29) is 16.7 Å². The highest BCUT2D eigenvalue weighted by Gasteiger charge is 2.61. The fourth-order valence-corrected chi connectivity index (χ4v) is 5.85. The third-order valence-electron chi connectivity index (χ3n) is 8.09. The Balaban J connectivity index is 1.49. The van der Waals surface area contributed by atoms with Crippen LogP contribution in [0.2, 0.25) is 0 Å². The van der Waals surface area contributed by atoms with E-state index in [1.807, 2.05) is 0 Å². The first-order chi connectivity index (χ1) is 20.6. The summed E-state index contributed by atoms with van der Waals surface area (Å²) in [4.78, 5) is 38.8. The molecule has 0 unspecified atom stereocenters. The number of carboxylic acid groups (broad SMARTS) is 1. The van der Waals surface area contributed by atoms with Gasteiger partial charge in [-0.3, -0.25) is 0 Å². The summed E-state index contributed by atoms with van der Waals surface area (Å²) < 4.78 is 28.8. The molecule has 1 saturated carbocycles. The van der Waals surface area contributed by atoms with Crippen molar-refractivity contribution in [3.05, 3.63) is 83.6 Å². The minimum absolute atomic E-state index is 0.189. The lowest BCUT2D eigenvalue weighted by molar-refractivity contribution is -0.342. The number of ether oxygens (including phenoxy) is 5. The Kier molecular flexibility index (Phi) is 9.11. The van der Waals surface area contributed by atoms with Crippen molar-refractivity contribution in [3.8, 4) is 0 Å². The molecule has 2 fully saturated rings. The molecular weight excluding hydrogens is 568 g/mol. The molecule has 1 aliphatic carbocycles. The molecule has 13 heteroatoms. The van der Waals surface area contributed by atoms with Crippen molar-refractivity contribution < 1.29 is 63.6 Å². The van der Waals surface area contributed by atoms with E-state index in [0.29, 0.717) is 0 Å². The molecule has 2 aromatic carbocycles. The predicted octanol–water partition coefficient (Wildman–Crippen LogP) is 0.461. The third-order valence-corrected chi connectivity index (χ3v) is 8.09. The monoisotopic (exact) mass is 600 g/mol. The van der Waals surface area contributed by atoms with E-state index < -0.39 is 91.5 Å². The standard InChI is InChI=1S/C30H32O13/c1-14-19-20(17(26(35)36)13-39-29(19)43-30-23(34)22(33)21(32)18(12-31)40-30)25(42-28(38)16-10-6-3-7-11-16)24(14)41-27(37)15-8-4-2-5-9-15/h2-11,13-14,18-25,29-34H,12H2,1H3,(H,35,36)/t14-,18-,19+,20-,21+,22+,23+,24+,25-,29+,30-/m0/s1. The molecule has 11 atom stereocenters. The molecule has 0 spiro atoms. The molecular formula is C30H32O13. The highest BCUT2D eigenvalue weighted by molar-refractivity contribution is 5.91. The maximum Gasteiger partial charge on any atom is 0.338 e. The molecule has 0 amide bonds. The van der Waals surface area contributed by atoms with Crippen molar-refractivity contribution in [2.24, 2.45) is 17.8 Å². The second-order valence-corrected chi connectivity index (χ2v) is 10.7. The normalized spacial score (nSPS) is 35.2. The first-order valence-electron chi connectivity index (χ1n) is 13.7. The van der Waals surface area contributed by atoms with Crippen molar-refractivity contribution >= 4 is 17.9 Å². The molecule has 0 bridgehead atoms. The quantitative estimate of drug-likeness (QED) is 0.262. The second kappa shape index (κ2) is 12.8. The van der Waals surface area contributed by atoms with E-state index >= 15 is 0 Å². The average Bonchev–Trinajstić information content (AvgIpc) is 3.28. The van der Waals surface area contributed by atoms with Gasteiger partial charge in [0.05, 0.1) is 29.6 Å². The predicted molar refractivity (Wildman–Crippen MR) is 143 cm³/mol. The average molecular weight is 601 g/mol. The summed E-state index contributed by atoms with van der Waals surface area (Å²) in [5, 5.41) is 50.6. The number of aliphatic hydroxyl groups excluding tert-OH is 4. The minimum Gasteiger partial charge on any atom is -0.478 e. The summed E-state index contributed by atoms with van der Waals surface area (Å²) in [5.74, 6) is -5.68. The number of hydrogen-bond donors (Lipinski definition) is 5. The van der Waals surface area contributed by atoms with E-state index in [1.165, 1.54) is 24.3 Å². The number of esters is 2. The highest BCUT2D eigenvalue weighted by Crippen LogP contribution is 2.50. The molecule has 13 nitrogen and oxygen atoms in total. The summed E-state index contributed by atoms with van der Waals surface area (Å²) in [5.41, 5.74) is 0.139. The van der Waals surface area contributed by atoms with Crippen LogP contribution in [-0.2, 0) is 28.5 Å². The van der Waals surface area contributed by atoms with Crippen LogP contribution < -0.4 is 0 Å². The lowest BCUT2D eigenvalue weighted by atomic mass is 9.82. The van der Waals surface area contributed by atoms with Crippen LogP contribution in [0.5, 0.6) is 0 Å². The number of aliphatic hydroxyl groups is 4. The van der Waals surface area contributed by atoms with Gasteiger partial charge in [0.25, 0.3) is 0 Å². The number of hydrogen-bond acceptors (Lipinski definition) is 12. The van der Waals surface area contributed by atoms with Crippen molar-refractivity contribution in [2.45, 2.75) is 56.1 Å². The Bertz CT molecular complexity index is 1330. The second-order valence-electron chi connectivity index (χ2n) is 10.7. The minimum atomic E-state index is -1.76. The Labute approximate surface area is 245 Å². The van der Waals surface area contributed by atoms with Crippen LogP contribution in [0.1, 0.15) is 27.6 Å². The van der Waals surface area contributed by atoms with Gasteiger partial charge < -0.3 is 49.2 Å². The van der Waals surface area contributed by atoms with Gasteiger partial charge in [0, 0.05) is 17.8 Å². The SMILES string of the molecule is C[C@@H]1[C@@H](OC(=O)c2ccccc2)[C@@H](OC(=O)c2ccccc2)[C@H]2C(C(=O)O)=CO[C@H](O[C@@H]3O[C@@H](CO)[C@@H](O)[C@@H](O)[C@H]3O)[C@H]12. The zero-order chi connectivity index (χ0) is 30.8. The van der Waals surface area contributed by atoms with Gasteiger partial charge in [-0.25, -0.2) is 14.4 Å². The number of fused-ring (bicyclic) bond motifs is 1. The van der Waals surface area contributed by atoms with Crippen molar-refractivity contribution in [1.82, 2.24) is 0 Å². The first kappa shape index (κ1) is 30.6. The molecule has 0 aromatic heterocycles. The van der Waals surface area contributed by atoms with Crippen LogP contribution in [0.3, 0.4) is 0 Å². The van der Waals surface area contributed by atoms with Gasteiger partial charge >= 0.3 is 17.9 Å². The van der Waals surface area contributed by atoms with E-state index in [1.54, 1.807) is 43.3 Å². The van der Waals surface area contributed by atoms with Gasteiger partial charge in [0.2, 0.25) is 6.29 Å². The van der Waals surface area contributed by atoms with E-state index in [4.69, 9.17) is 23.7 Å². The summed E-state index contributed by atoms with van der Waals surface area (Å²) in [6.07, 6.45) is -10.9. The number of carbonyl (C=O) groups is 3. The van der Waals surface area contributed by atoms with Crippen molar-refractivity contribution in [1.29, 1.82) is 0 Å². The highest BCUT2D eigenvalue weighted by atomic mass is 16.8. The molecule has 2 heterocycles. The summed E-state index contributed by atoms with van der Waals surface area (Å²) >= 11 is 0. The summed E-state index contributed by atoms with van der Waals surface area (Å²) in [7, 11) is 0. The van der Waals surface area contributed by atoms with Gasteiger partial charge in [-0.15, -0.1) is 0 Å². The van der Waals surface area contributed by atoms with E-state index in [9.17, 15) is 39.9 Å². The van der Waals surface area contributed by atoms with Crippen LogP contribution in [0, 0.1) is 17.8 Å². The van der Waals surface area contributed by atoms with Crippen molar-refractivity contribution in [3.63, 3.8) is 0 Å². The van der Waals surface area contributed by atoms with Crippen LogP contribution in [0.25, 0.3) is 0 Å². The maximum atomic E-state index is 13.2. The number of aliphatic carboxylic acids is 1. The number of benzene rings is 2. The van der Waals surface area contributed by atoms with Gasteiger partial charge in [0.15, 0.2) is 6.29 Å². The number of carboxylic acids is 1. The molecule has 3 aliphatic rings. The zero-order valence-electron chi connectivity index (χ0n) is 22.9. The van der Waals surface area contributed by atoms with Gasteiger partial charge in [-0.1, -0.05) is 43.3 Å². The summed E-state index contributed by atoms with van der Waals surface area (Å²) in [6.45, 7) is 0.950. The smallest absolute Gasteiger partial charge is 0.338 e. The van der Waals surface area contributed by atoms with E-state index in [2.05, 4.69) is 0 Å². The lowest BCUT2D eigenvalue weighted by Gasteiger charge is -2.43. The van der Waals surface area contributed by atoms with Gasteiger partial charge in [0.1, 0.15) is 36.6 Å². The molecule has 5 N–H and O–H groups in total. The molecule has 2 aromatic rings. The number of carbonyl (C=O) groups excluding carboxylic acids is 2. The van der Waals surface area contributed by atoms with Crippen molar-refractivity contribution in [2.75, 3.05) is 6.61 Å². The van der Waals surface area contributed by atoms with Crippen LogP contribution in [0.4, 0.5) is 0 Å². The Hall–Kier alpha value is -3.85. The van der Waals surface area contributed by atoms with Crippen LogP contribution in [-0.4, -0.2) is 99.3 Å². The Morgan fingerprint density at radius 2 is 1.35 bits per heavy atom. The Morgan fingerprint density at radius 3 is 1.88 bits per heavy atom. The summed E-state index contributed by atoms with van der Waals surface area (Å²) in [6, 6.07) is 16.1. The zero-order valence-corrected chi connectivity index (χ0v) is 22.9. The largest absolute Gasteiger partial charge is 0.478 e. The fraction of sp³-hybridized carbons (Fsp3) is 0.433. The molecule has 5 rings (SSSR count). The number of rotatable bonds is 8. The van der Waals surface area contributed by atoms with Gasteiger partial charge in [-0.2, -0.15) is 0 Å². The molecule has 230 valence electrons.